The van der Waals surface area contributed by atoms with Crippen LogP contribution in [0.2, 0.25) is 5.02 Å². The molecule has 28 heavy (non-hydrogen) atoms. The fourth-order valence-corrected chi connectivity index (χ4v) is 3.70. The topological polar surface area (TPSA) is 42.7 Å². The Morgan fingerprint density at radius 1 is 1.25 bits per heavy atom. The molecule has 0 unspecified atom stereocenters. The van der Waals surface area contributed by atoms with Gasteiger partial charge < -0.3 is 14.1 Å². The van der Waals surface area contributed by atoms with Gasteiger partial charge in [0.15, 0.2) is 0 Å². The highest BCUT2D eigenvalue weighted by molar-refractivity contribution is 6.31. The molecule has 4 nitrogen and oxygen atoms in total. The number of carbonyl (C=O) groups is 1. The highest BCUT2D eigenvalue weighted by Gasteiger charge is 2.37. The number of benzene rings is 2. The Labute approximate surface area is 163 Å². The second-order valence-corrected chi connectivity index (χ2v) is 7.03. The van der Waals surface area contributed by atoms with Gasteiger partial charge in [-0.05, 0) is 41.8 Å². The lowest BCUT2D eigenvalue weighted by Crippen LogP contribution is -2.43. The van der Waals surface area contributed by atoms with E-state index in [-0.39, 0.29) is 17.9 Å². The molecule has 1 aliphatic rings. The molecule has 4 rings (SSSR count). The van der Waals surface area contributed by atoms with Gasteiger partial charge in [0, 0.05) is 28.6 Å². The quantitative estimate of drug-likeness (QED) is 0.587. The molecule has 0 aliphatic carbocycles. The van der Waals surface area contributed by atoms with Crippen molar-refractivity contribution in [2.75, 3.05) is 20.2 Å². The van der Waals surface area contributed by atoms with Crippen LogP contribution in [0.15, 0.2) is 41.0 Å². The smallest absolute Gasteiger partial charge is 0.406 e. The van der Waals surface area contributed by atoms with Crippen LogP contribution in [0, 0.1) is 0 Å². The van der Waals surface area contributed by atoms with Gasteiger partial charge in [0.25, 0.3) is 5.91 Å². The summed E-state index contributed by atoms with van der Waals surface area (Å²) in [6.45, 7) is -1.27. The first-order chi connectivity index (χ1) is 13.3. The normalized spacial score (nSPS) is 14.5. The van der Waals surface area contributed by atoms with Crippen LogP contribution in [0.4, 0.5) is 13.2 Å². The molecule has 0 N–H and O–H groups in total. The van der Waals surface area contributed by atoms with Crippen LogP contribution in [0.3, 0.4) is 0 Å². The fraction of sp³-hybridized carbons (Fsp3) is 0.250. The number of methoxy groups -OCH3 is 1. The van der Waals surface area contributed by atoms with Gasteiger partial charge in [-0.15, -0.1) is 0 Å². The molecule has 0 spiro atoms. The summed E-state index contributed by atoms with van der Waals surface area (Å²) in [6.07, 6.45) is -2.55. The van der Waals surface area contributed by atoms with Crippen LogP contribution in [-0.2, 0) is 6.42 Å². The molecule has 3 aromatic rings. The Morgan fingerprint density at radius 2 is 2.04 bits per heavy atom. The Hall–Kier alpha value is -2.67. The molecule has 146 valence electrons. The molecule has 2 aromatic carbocycles. The minimum Gasteiger partial charge on any atom is -0.496 e. The number of halogens is 4. The molecule has 8 heteroatoms. The average molecular weight is 410 g/mol. The minimum absolute atomic E-state index is 0.000304. The van der Waals surface area contributed by atoms with Crippen molar-refractivity contribution in [1.29, 1.82) is 0 Å². The van der Waals surface area contributed by atoms with Crippen molar-refractivity contribution in [3.8, 4) is 16.9 Å². The minimum atomic E-state index is -4.45. The summed E-state index contributed by atoms with van der Waals surface area (Å²) in [5, 5.41) is 1.39. The number of alkyl halides is 3. The van der Waals surface area contributed by atoms with Crippen LogP contribution < -0.4 is 4.74 Å². The van der Waals surface area contributed by atoms with Crippen molar-refractivity contribution in [2.24, 2.45) is 0 Å². The van der Waals surface area contributed by atoms with Gasteiger partial charge in [-0.25, -0.2) is 0 Å². The van der Waals surface area contributed by atoms with Crippen molar-refractivity contribution < 1.29 is 27.1 Å². The van der Waals surface area contributed by atoms with Gasteiger partial charge in [0.2, 0.25) is 0 Å². The number of hydrogen-bond acceptors (Lipinski definition) is 3. The Morgan fingerprint density at radius 3 is 2.75 bits per heavy atom. The van der Waals surface area contributed by atoms with E-state index >= 15 is 0 Å². The van der Waals surface area contributed by atoms with Crippen LogP contribution in [0.1, 0.15) is 15.9 Å². The van der Waals surface area contributed by atoms with E-state index in [0.29, 0.717) is 22.6 Å². The second kappa shape index (κ2) is 6.74. The highest BCUT2D eigenvalue weighted by Crippen LogP contribution is 2.38. The summed E-state index contributed by atoms with van der Waals surface area (Å²) in [7, 11) is 1.39. The standard InChI is InChI=1S/C20H15ClF3NO3/c1-27-17-7-12(15-9-28-16-8-13(21)2-3-14(15)16)6-11-4-5-25(10-20(22,23)24)19(26)18(11)17/h2-3,6-9H,4-5,10H2,1H3. The summed E-state index contributed by atoms with van der Waals surface area (Å²) >= 11 is 5.99. The van der Waals surface area contributed by atoms with Gasteiger partial charge in [0.1, 0.15) is 17.9 Å². The zero-order valence-corrected chi connectivity index (χ0v) is 15.5. The van der Waals surface area contributed by atoms with Gasteiger partial charge in [-0.1, -0.05) is 11.6 Å². The molecule has 0 radical (unpaired) electrons. The Kier molecular flexibility index (Phi) is 4.50. The predicted octanol–water partition coefficient (Wildman–Crippen LogP) is 5.32. The third-order valence-corrected chi connectivity index (χ3v) is 5.01. The lowest BCUT2D eigenvalue weighted by atomic mass is 9.93. The third-order valence-electron chi connectivity index (χ3n) is 4.77. The van der Waals surface area contributed by atoms with Crippen molar-refractivity contribution >= 4 is 28.5 Å². The summed E-state index contributed by atoms with van der Waals surface area (Å²) < 4.78 is 49.2. The number of ether oxygens (including phenoxy) is 1. The zero-order valence-electron chi connectivity index (χ0n) is 14.8. The molecular weight excluding hydrogens is 395 g/mol. The van der Waals surface area contributed by atoms with Crippen LogP contribution >= 0.6 is 11.6 Å². The van der Waals surface area contributed by atoms with Gasteiger partial charge in [0.05, 0.1) is 18.9 Å². The molecule has 0 fully saturated rings. The lowest BCUT2D eigenvalue weighted by molar-refractivity contribution is -0.141. The largest absolute Gasteiger partial charge is 0.496 e. The summed E-state index contributed by atoms with van der Waals surface area (Å²) in [5.74, 6) is -0.432. The van der Waals surface area contributed by atoms with E-state index in [1.165, 1.54) is 7.11 Å². The summed E-state index contributed by atoms with van der Waals surface area (Å²) in [4.78, 5) is 13.4. The van der Waals surface area contributed by atoms with E-state index in [9.17, 15) is 18.0 Å². The van der Waals surface area contributed by atoms with Crippen molar-refractivity contribution in [3.63, 3.8) is 0 Å². The fourth-order valence-electron chi connectivity index (χ4n) is 3.54. The van der Waals surface area contributed by atoms with Crippen LogP contribution in [-0.4, -0.2) is 37.2 Å². The maximum atomic E-state index is 12.8. The highest BCUT2D eigenvalue weighted by atomic mass is 35.5. The molecule has 1 amide bonds. The zero-order chi connectivity index (χ0) is 20.1. The molecule has 0 bridgehead atoms. The van der Waals surface area contributed by atoms with E-state index in [2.05, 4.69) is 0 Å². The molecule has 0 saturated heterocycles. The molecular formula is C20H15ClF3NO3. The van der Waals surface area contributed by atoms with Crippen LogP contribution in [0.5, 0.6) is 5.75 Å². The predicted molar refractivity (Wildman–Crippen MR) is 98.9 cm³/mol. The monoisotopic (exact) mass is 409 g/mol. The molecule has 0 saturated carbocycles. The second-order valence-electron chi connectivity index (χ2n) is 6.59. The van der Waals surface area contributed by atoms with E-state index in [1.54, 1.807) is 30.5 Å². The van der Waals surface area contributed by atoms with Gasteiger partial charge in [-0.2, -0.15) is 13.2 Å². The maximum Gasteiger partial charge on any atom is 0.406 e. The van der Waals surface area contributed by atoms with Gasteiger partial charge >= 0.3 is 6.18 Å². The first-order valence-corrected chi connectivity index (χ1v) is 8.88. The van der Waals surface area contributed by atoms with E-state index in [1.807, 2.05) is 6.07 Å². The van der Waals surface area contributed by atoms with Crippen molar-refractivity contribution in [2.45, 2.75) is 12.6 Å². The van der Waals surface area contributed by atoms with Crippen LogP contribution in [0.25, 0.3) is 22.1 Å². The number of hydrogen-bond donors (Lipinski definition) is 0. The van der Waals surface area contributed by atoms with E-state index in [4.69, 9.17) is 20.8 Å². The third kappa shape index (κ3) is 3.30. The Bertz CT molecular complexity index is 1060. The number of nitrogens with zero attached hydrogens (tertiary/aromatic N) is 1. The van der Waals surface area contributed by atoms with E-state index in [0.717, 1.165) is 21.4 Å². The van der Waals surface area contributed by atoms with Crippen molar-refractivity contribution in [3.05, 3.63) is 52.7 Å². The molecule has 0 atom stereocenters. The molecule has 2 heterocycles. The maximum absolute atomic E-state index is 12.8. The number of furan rings is 1. The first-order valence-electron chi connectivity index (χ1n) is 8.51. The number of amides is 1. The van der Waals surface area contributed by atoms with Gasteiger partial charge in [-0.3, -0.25) is 4.79 Å². The molecule has 1 aromatic heterocycles. The van der Waals surface area contributed by atoms with E-state index < -0.39 is 18.6 Å². The Balaban J connectivity index is 1.79. The number of rotatable bonds is 3. The van der Waals surface area contributed by atoms with Crippen molar-refractivity contribution in [1.82, 2.24) is 4.90 Å². The first kappa shape index (κ1) is 18.7. The number of fused-ring (bicyclic) bond motifs is 2. The summed E-state index contributed by atoms with van der Waals surface area (Å²) in [6, 6.07) is 8.73. The molecule has 1 aliphatic heterocycles. The average Bonchev–Trinajstić information content (AvgIpc) is 3.05. The SMILES string of the molecule is COc1cc(-c2coc3cc(Cl)ccc23)cc2c1C(=O)N(CC(F)(F)F)CC2. The number of carbonyl (C=O) groups excluding carboxylic acids is 1. The lowest BCUT2D eigenvalue weighted by Gasteiger charge is -2.30. The summed E-state index contributed by atoms with van der Waals surface area (Å²) in [5.41, 5.74) is 3.00.